The summed E-state index contributed by atoms with van der Waals surface area (Å²) in [5.41, 5.74) is 2.19. The van der Waals surface area contributed by atoms with E-state index < -0.39 is 12.1 Å². The Morgan fingerprint density at radius 1 is 1.20 bits per heavy atom. The molecule has 2 aromatic rings. The standard InChI is InChI=1S/C16H22N4O3.C2HF3O2/c1-9-13(10(2)22-18-9)5-20-6-14-12(8-21-15(14)7-20)4-16-17-11(3)19-23-16;3-2(4,5)1(6)7/h12,14-15H,4-8H2,1-3H3;(H,6,7)/t12-,14+,15+;/m0./s1. The van der Waals surface area contributed by atoms with E-state index in [1.807, 2.05) is 20.8 Å². The molecule has 4 heterocycles. The first-order valence-corrected chi connectivity index (χ1v) is 9.39. The van der Waals surface area contributed by atoms with E-state index in [4.69, 9.17) is 23.7 Å². The molecule has 2 aliphatic heterocycles. The van der Waals surface area contributed by atoms with Gasteiger partial charge in [0, 0.05) is 37.5 Å². The van der Waals surface area contributed by atoms with Gasteiger partial charge in [0.25, 0.3) is 0 Å². The average molecular weight is 432 g/mol. The molecule has 2 aromatic heterocycles. The van der Waals surface area contributed by atoms with Gasteiger partial charge in [0.15, 0.2) is 5.82 Å². The Hall–Kier alpha value is -2.47. The van der Waals surface area contributed by atoms with Gasteiger partial charge in [-0.15, -0.1) is 0 Å². The molecule has 2 aliphatic rings. The summed E-state index contributed by atoms with van der Waals surface area (Å²) in [5, 5.41) is 15.0. The molecule has 0 aromatic carbocycles. The van der Waals surface area contributed by atoms with Gasteiger partial charge in [-0.05, 0) is 26.7 Å². The number of alkyl halides is 3. The summed E-state index contributed by atoms with van der Waals surface area (Å²) in [4.78, 5) is 15.7. The van der Waals surface area contributed by atoms with Crippen LogP contribution in [0.15, 0.2) is 9.05 Å². The van der Waals surface area contributed by atoms with Crippen molar-refractivity contribution in [3.05, 3.63) is 28.7 Å². The van der Waals surface area contributed by atoms with Gasteiger partial charge in [-0.3, -0.25) is 4.90 Å². The number of carbonyl (C=O) groups is 1. The molecule has 1 N–H and O–H groups in total. The molecule has 12 heteroatoms. The minimum Gasteiger partial charge on any atom is -0.475 e. The van der Waals surface area contributed by atoms with Crippen LogP contribution in [0, 0.1) is 32.6 Å². The molecular formula is C18H23F3N4O5. The molecule has 0 bridgehead atoms. The van der Waals surface area contributed by atoms with Crippen LogP contribution >= 0.6 is 0 Å². The van der Waals surface area contributed by atoms with E-state index >= 15 is 0 Å². The maximum atomic E-state index is 10.6. The van der Waals surface area contributed by atoms with E-state index in [1.54, 1.807) is 0 Å². The van der Waals surface area contributed by atoms with Gasteiger partial charge in [0.1, 0.15) is 5.76 Å². The number of halogens is 3. The van der Waals surface area contributed by atoms with Gasteiger partial charge < -0.3 is 18.9 Å². The highest BCUT2D eigenvalue weighted by atomic mass is 19.4. The van der Waals surface area contributed by atoms with Gasteiger partial charge in [-0.25, -0.2) is 4.79 Å². The maximum Gasteiger partial charge on any atom is 0.490 e. The largest absolute Gasteiger partial charge is 0.490 e. The Morgan fingerprint density at radius 3 is 2.43 bits per heavy atom. The summed E-state index contributed by atoms with van der Waals surface area (Å²) in [7, 11) is 0. The number of hydrogen-bond acceptors (Lipinski definition) is 8. The number of carboxylic acids is 1. The molecule has 3 atom stereocenters. The highest BCUT2D eigenvalue weighted by molar-refractivity contribution is 5.73. The highest BCUT2D eigenvalue weighted by Crippen LogP contribution is 2.36. The van der Waals surface area contributed by atoms with Crippen molar-refractivity contribution in [2.24, 2.45) is 11.8 Å². The van der Waals surface area contributed by atoms with Crippen molar-refractivity contribution in [2.75, 3.05) is 19.7 Å². The van der Waals surface area contributed by atoms with Crippen LogP contribution in [-0.2, 0) is 22.5 Å². The molecule has 0 spiro atoms. The fourth-order valence-corrected chi connectivity index (χ4v) is 3.82. The van der Waals surface area contributed by atoms with Gasteiger partial charge >= 0.3 is 12.1 Å². The molecular weight excluding hydrogens is 409 g/mol. The van der Waals surface area contributed by atoms with E-state index in [-0.39, 0.29) is 0 Å². The van der Waals surface area contributed by atoms with Gasteiger partial charge in [-0.2, -0.15) is 18.2 Å². The molecule has 166 valence electrons. The quantitative estimate of drug-likeness (QED) is 0.777. The van der Waals surface area contributed by atoms with Crippen molar-refractivity contribution < 1.29 is 36.9 Å². The number of carboxylic acid groups (broad SMARTS) is 1. The second-order valence-electron chi connectivity index (χ2n) is 7.53. The van der Waals surface area contributed by atoms with E-state index in [1.165, 1.54) is 5.56 Å². The third-order valence-electron chi connectivity index (χ3n) is 5.33. The number of likely N-dealkylation sites (tertiary alicyclic amines) is 1. The third kappa shape index (κ3) is 5.17. The van der Waals surface area contributed by atoms with Crippen molar-refractivity contribution in [1.29, 1.82) is 0 Å². The zero-order valence-corrected chi connectivity index (χ0v) is 16.8. The monoisotopic (exact) mass is 432 g/mol. The normalized spacial score (nSPS) is 23.9. The molecule has 0 saturated carbocycles. The minimum atomic E-state index is -5.08. The Morgan fingerprint density at radius 2 is 1.90 bits per heavy atom. The molecule has 0 radical (unpaired) electrons. The van der Waals surface area contributed by atoms with Crippen molar-refractivity contribution in [1.82, 2.24) is 20.2 Å². The molecule has 30 heavy (non-hydrogen) atoms. The van der Waals surface area contributed by atoms with Crippen LogP contribution in [0.25, 0.3) is 0 Å². The first-order chi connectivity index (χ1) is 14.0. The Kier molecular flexibility index (Phi) is 6.46. The second-order valence-corrected chi connectivity index (χ2v) is 7.53. The first kappa shape index (κ1) is 22.2. The van der Waals surface area contributed by atoms with Crippen LogP contribution in [0.2, 0.25) is 0 Å². The number of rotatable bonds is 4. The number of aliphatic carboxylic acids is 1. The van der Waals surface area contributed by atoms with Crippen molar-refractivity contribution in [3.8, 4) is 0 Å². The van der Waals surface area contributed by atoms with Gasteiger partial charge in [0.05, 0.1) is 18.4 Å². The first-order valence-electron chi connectivity index (χ1n) is 9.39. The second kappa shape index (κ2) is 8.72. The topological polar surface area (TPSA) is 115 Å². The average Bonchev–Trinajstić information content (AvgIpc) is 3.39. The summed E-state index contributed by atoms with van der Waals surface area (Å²) in [6.45, 7) is 9.49. The molecule has 0 amide bonds. The van der Waals surface area contributed by atoms with Gasteiger partial charge in [-0.1, -0.05) is 10.3 Å². The molecule has 2 fully saturated rings. The van der Waals surface area contributed by atoms with Crippen LogP contribution in [0.3, 0.4) is 0 Å². The summed E-state index contributed by atoms with van der Waals surface area (Å²) < 4.78 is 48.3. The number of nitrogens with zero attached hydrogens (tertiary/aromatic N) is 4. The fraction of sp³-hybridized carbons (Fsp3) is 0.667. The zero-order chi connectivity index (χ0) is 22.1. The molecule has 0 unspecified atom stereocenters. The lowest BCUT2D eigenvalue weighted by Gasteiger charge is -2.18. The van der Waals surface area contributed by atoms with Crippen LogP contribution in [-0.4, -0.2) is 63.2 Å². The summed E-state index contributed by atoms with van der Waals surface area (Å²) in [6.07, 6.45) is -3.97. The molecule has 0 aliphatic carbocycles. The maximum absolute atomic E-state index is 10.6. The zero-order valence-electron chi connectivity index (χ0n) is 16.8. The smallest absolute Gasteiger partial charge is 0.475 e. The SMILES string of the molecule is Cc1noc(C[C@H]2CO[C@@H]3CN(Cc4c(C)noc4C)C[C@H]23)n1.O=C(O)C(F)(F)F. The lowest BCUT2D eigenvalue weighted by molar-refractivity contribution is -0.192. The Balaban J connectivity index is 0.000000318. The van der Waals surface area contributed by atoms with Crippen LogP contribution < -0.4 is 0 Å². The van der Waals surface area contributed by atoms with Crippen LogP contribution in [0.4, 0.5) is 13.2 Å². The number of hydrogen-bond donors (Lipinski definition) is 1. The van der Waals surface area contributed by atoms with Gasteiger partial charge in [0.2, 0.25) is 5.89 Å². The Bertz CT molecular complexity index is 862. The van der Waals surface area contributed by atoms with Crippen LogP contribution in [0.1, 0.15) is 28.7 Å². The van der Waals surface area contributed by atoms with Crippen molar-refractivity contribution in [2.45, 2.75) is 46.0 Å². The highest BCUT2D eigenvalue weighted by Gasteiger charge is 2.44. The summed E-state index contributed by atoms with van der Waals surface area (Å²) in [5.74, 6) is 0.561. The van der Waals surface area contributed by atoms with E-state index in [0.29, 0.717) is 23.8 Å². The minimum absolute atomic E-state index is 0.310. The van der Waals surface area contributed by atoms with Crippen molar-refractivity contribution >= 4 is 5.97 Å². The van der Waals surface area contributed by atoms with E-state index in [2.05, 4.69) is 20.2 Å². The summed E-state index contributed by atoms with van der Waals surface area (Å²) >= 11 is 0. The predicted molar refractivity (Wildman–Crippen MR) is 94.4 cm³/mol. The lowest BCUT2D eigenvalue weighted by atomic mass is 9.90. The third-order valence-corrected chi connectivity index (χ3v) is 5.33. The molecule has 9 nitrogen and oxygen atoms in total. The number of fused-ring (bicyclic) bond motifs is 1. The predicted octanol–water partition coefficient (Wildman–Crippen LogP) is 2.31. The number of aryl methyl sites for hydroxylation is 3. The Labute approximate surface area is 170 Å². The summed E-state index contributed by atoms with van der Waals surface area (Å²) in [6, 6.07) is 0. The molecule has 2 saturated heterocycles. The van der Waals surface area contributed by atoms with Crippen LogP contribution in [0.5, 0.6) is 0 Å². The number of ether oxygens (including phenoxy) is 1. The number of aromatic nitrogens is 3. The van der Waals surface area contributed by atoms with E-state index in [0.717, 1.165) is 50.0 Å². The molecule has 4 rings (SSSR count). The fourth-order valence-electron chi connectivity index (χ4n) is 3.82. The lowest BCUT2D eigenvalue weighted by Crippen LogP contribution is -2.25. The van der Waals surface area contributed by atoms with E-state index in [9.17, 15) is 13.2 Å². The van der Waals surface area contributed by atoms with Crippen molar-refractivity contribution in [3.63, 3.8) is 0 Å².